The summed E-state index contributed by atoms with van der Waals surface area (Å²) in [5.41, 5.74) is 1.89. The average Bonchev–Trinajstić information content (AvgIpc) is 3.03. The number of aromatic amines is 1. The van der Waals surface area contributed by atoms with E-state index >= 15 is 0 Å². The molecule has 2 unspecified atom stereocenters. The first kappa shape index (κ1) is 16.8. The van der Waals surface area contributed by atoms with Gasteiger partial charge in [0.2, 0.25) is 5.91 Å². The third-order valence-electron chi connectivity index (χ3n) is 4.36. The van der Waals surface area contributed by atoms with Crippen LogP contribution < -0.4 is 0 Å². The molecule has 1 amide bonds. The molecule has 0 radical (unpaired) electrons. The molecule has 0 spiro atoms. The molecule has 3 rings (SSSR count). The third kappa shape index (κ3) is 3.56. The van der Waals surface area contributed by atoms with Crippen LogP contribution in [0.3, 0.4) is 0 Å². The van der Waals surface area contributed by atoms with Crippen molar-refractivity contribution in [2.45, 2.75) is 37.5 Å². The van der Waals surface area contributed by atoms with Gasteiger partial charge in [-0.25, -0.2) is 9.78 Å². The van der Waals surface area contributed by atoms with Crippen molar-refractivity contribution in [1.29, 1.82) is 0 Å². The second kappa shape index (κ2) is 7.25. The van der Waals surface area contributed by atoms with Gasteiger partial charge in [0, 0.05) is 6.54 Å². The maximum atomic E-state index is 12.4. The Kier molecular flexibility index (Phi) is 5.08. The summed E-state index contributed by atoms with van der Waals surface area (Å²) in [4.78, 5) is 33.1. The number of imidazole rings is 1. The predicted molar refractivity (Wildman–Crippen MR) is 94.0 cm³/mol. The van der Waals surface area contributed by atoms with Crippen molar-refractivity contribution >= 4 is 34.7 Å². The Bertz CT molecular complexity index is 713. The molecule has 1 aromatic heterocycles. The number of carboxylic acids is 1. The van der Waals surface area contributed by atoms with Crippen molar-refractivity contribution in [3.8, 4) is 0 Å². The number of amides is 1. The number of carboxylic acid groups (broad SMARTS) is 1. The van der Waals surface area contributed by atoms with Crippen molar-refractivity contribution in [3.63, 3.8) is 0 Å². The molecular formula is C17H21N3O3S. The molecule has 1 fully saturated rings. The first-order chi connectivity index (χ1) is 11.6. The molecule has 0 saturated carbocycles. The summed E-state index contributed by atoms with van der Waals surface area (Å²) in [6.07, 6.45) is 2.29. The van der Waals surface area contributed by atoms with Crippen LogP contribution in [0.15, 0.2) is 24.3 Å². The Labute approximate surface area is 144 Å². The SMILES string of the molecule is CC(SCC(=O)N1CCCCC1C(=O)O)c1nc2ccccc2[nH]1. The van der Waals surface area contributed by atoms with E-state index in [2.05, 4.69) is 9.97 Å². The molecule has 2 aromatic rings. The number of likely N-dealkylation sites (tertiary alicyclic amines) is 1. The van der Waals surface area contributed by atoms with Gasteiger partial charge in [-0.1, -0.05) is 12.1 Å². The molecule has 1 aliphatic rings. The minimum absolute atomic E-state index is 0.0365. The van der Waals surface area contributed by atoms with Crippen LogP contribution in [0.2, 0.25) is 0 Å². The number of piperidine rings is 1. The van der Waals surface area contributed by atoms with E-state index in [0.29, 0.717) is 13.0 Å². The Morgan fingerprint density at radius 3 is 2.96 bits per heavy atom. The minimum Gasteiger partial charge on any atom is -0.480 e. The summed E-state index contributed by atoms with van der Waals surface area (Å²) in [5.74, 6) is 0.0954. The largest absolute Gasteiger partial charge is 0.480 e. The second-order valence-electron chi connectivity index (χ2n) is 6.03. The standard InChI is InChI=1S/C17H21N3O3S/c1-11(16-18-12-6-2-3-7-13(12)19-16)24-10-15(21)20-9-5-4-8-14(20)17(22)23/h2-3,6-7,11,14H,4-5,8-10H2,1H3,(H,18,19)(H,22,23). The molecule has 2 atom stereocenters. The number of thioether (sulfide) groups is 1. The number of aromatic nitrogens is 2. The van der Waals surface area contributed by atoms with E-state index in [9.17, 15) is 14.7 Å². The van der Waals surface area contributed by atoms with E-state index in [1.807, 2.05) is 31.2 Å². The fourth-order valence-electron chi connectivity index (χ4n) is 3.01. The zero-order chi connectivity index (χ0) is 17.1. The van der Waals surface area contributed by atoms with Gasteiger partial charge in [0.25, 0.3) is 0 Å². The molecular weight excluding hydrogens is 326 g/mol. The number of hydrogen-bond donors (Lipinski definition) is 2. The van der Waals surface area contributed by atoms with Crippen LogP contribution in [0.25, 0.3) is 11.0 Å². The van der Waals surface area contributed by atoms with E-state index in [0.717, 1.165) is 29.7 Å². The molecule has 2 heterocycles. The Balaban J connectivity index is 1.61. The van der Waals surface area contributed by atoms with Gasteiger partial charge in [0.05, 0.1) is 22.0 Å². The second-order valence-corrected chi connectivity index (χ2v) is 7.36. The molecule has 0 aliphatic carbocycles. The van der Waals surface area contributed by atoms with Crippen LogP contribution in [0, 0.1) is 0 Å². The number of nitrogens with zero attached hydrogens (tertiary/aromatic N) is 2. The predicted octanol–water partition coefficient (Wildman–Crippen LogP) is 2.82. The lowest BCUT2D eigenvalue weighted by Crippen LogP contribution is -2.48. The van der Waals surface area contributed by atoms with Gasteiger partial charge in [0.15, 0.2) is 0 Å². The highest BCUT2D eigenvalue weighted by Crippen LogP contribution is 2.28. The number of nitrogens with one attached hydrogen (secondary N) is 1. The molecule has 128 valence electrons. The van der Waals surface area contributed by atoms with Gasteiger partial charge in [-0.05, 0) is 38.3 Å². The van der Waals surface area contributed by atoms with E-state index in [4.69, 9.17) is 0 Å². The number of carbonyl (C=O) groups is 2. The van der Waals surface area contributed by atoms with Crippen molar-refractivity contribution in [3.05, 3.63) is 30.1 Å². The van der Waals surface area contributed by atoms with Crippen LogP contribution in [0.4, 0.5) is 0 Å². The first-order valence-corrected chi connectivity index (χ1v) is 9.19. The van der Waals surface area contributed by atoms with Gasteiger partial charge in [-0.2, -0.15) is 0 Å². The monoisotopic (exact) mass is 347 g/mol. The van der Waals surface area contributed by atoms with Crippen LogP contribution in [0.5, 0.6) is 0 Å². The van der Waals surface area contributed by atoms with E-state index in [-0.39, 0.29) is 16.9 Å². The van der Waals surface area contributed by atoms with Gasteiger partial charge in [-0.15, -0.1) is 11.8 Å². The van der Waals surface area contributed by atoms with Crippen molar-refractivity contribution < 1.29 is 14.7 Å². The van der Waals surface area contributed by atoms with Crippen molar-refractivity contribution in [2.75, 3.05) is 12.3 Å². The number of fused-ring (bicyclic) bond motifs is 1. The average molecular weight is 347 g/mol. The number of hydrogen-bond acceptors (Lipinski definition) is 4. The first-order valence-electron chi connectivity index (χ1n) is 8.15. The Morgan fingerprint density at radius 2 is 2.21 bits per heavy atom. The van der Waals surface area contributed by atoms with Gasteiger partial charge in [-0.3, -0.25) is 4.79 Å². The van der Waals surface area contributed by atoms with E-state index in [1.165, 1.54) is 16.7 Å². The zero-order valence-corrected chi connectivity index (χ0v) is 14.4. The van der Waals surface area contributed by atoms with E-state index in [1.54, 1.807) is 0 Å². The fraction of sp³-hybridized carbons (Fsp3) is 0.471. The van der Waals surface area contributed by atoms with Crippen molar-refractivity contribution in [1.82, 2.24) is 14.9 Å². The number of aliphatic carboxylic acids is 1. The maximum absolute atomic E-state index is 12.4. The molecule has 7 heteroatoms. The highest BCUT2D eigenvalue weighted by atomic mass is 32.2. The van der Waals surface area contributed by atoms with Gasteiger partial charge >= 0.3 is 5.97 Å². The number of benzene rings is 1. The number of rotatable bonds is 5. The molecule has 1 aromatic carbocycles. The minimum atomic E-state index is -0.904. The fourth-order valence-corrected chi connectivity index (χ4v) is 3.84. The highest BCUT2D eigenvalue weighted by molar-refractivity contribution is 8.00. The van der Waals surface area contributed by atoms with Crippen LogP contribution >= 0.6 is 11.8 Å². The summed E-state index contributed by atoms with van der Waals surface area (Å²) >= 11 is 1.48. The number of para-hydroxylation sites is 2. The topological polar surface area (TPSA) is 86.3 Å². The summed E-state index contributed by atoms with van der Waals surface area (Å²) in [7, 11) is 0. The molecule has 6 nitrogen and oxygen atoms in total. The quantitative estimate of drug-likeness (QED) is 0.868. The van der Waals surface area contributed by atoms with Gasteiger partial charge < -0.3 is 15.0 Å². The normalized spacial score (nSPS) is 19.4. The van der Waals surface area contributed by atoms with Crippen LogP contribution in [0.1, 0.15) is 37.3 Å². The lowest BCUT2D eigenvalue weighted by atomic mass is 10.0. The summed E-state index contributed by atoms with van der Waals surface area (Å²) < 4.78 is 0. The van der Waals surface area contributed by atoms with Crippen molar-refractivity contribution in [2.24, 2.45) is 0 Å². The highest BCUT2D eigenvalue weighted by Gasteiger charge is 2.31. The smallest absolute Gasteiger partial charge is 0.326 e. The van der Waals surface area contributed by atoms with Crippen LogP contribution in [-0.2, 0) is 9.59 Å². The zero-order valence-electron chi connectivity index (χ0n) is 13.6. The Hall–Kier alpha value is -2.02. The molecule has 0 bridgehead atoms. The Morgan fingerprint density at radius 1 is 1.42 bits per heavy atom. The number of H-pyrrole nitrogens is 1. The number of carbonyl (C=O) groups excluding carboxylic acids is 1. The lowest BCUT2D eigenvalue weighted by Gasteiger charge is -2.33. The molecule has 24 heavy (non-hydrogen) atoms. The summed E-state index contributed by atoms with van der Waals surface area (Å²) in [6.45, 7) is 2.54. The van der Waals surface area contributed by atoms with E-state index < -0.39 is 12.0 Å². The van der Waals surface area contributed by atoms with Gasteiger partial charge in [0.1, 0.15) is 11.9 Å². The summed E-state index contributed by atoms with van der Waals surface area (Å²) in [6, 6.07) is 7.14. The third-order valence-corrected chi connectivity index (χ3v) is 5.49. The summed E-state index contributed by atoms with van der Waals surface area (Å²) in [5, 5.41) is 9.31. The molecule has 1 aliphatic heterocycles. The maximum Gasteiger partial charge on any atom is 0.326 e. The molecule has 2 N–H and O–H groups in total. The van der Waals surface area contributed by atoms with Crippen LogP contribution in [-0.4, -0.2) is 50.2 Å². The lowest BCUT2D eigenvalue weighted by molar-refractivity contribution is -0.150. The molecule has 1 saturated heterocycles.